The molecule has 0 spiro atoms. The monoisotopic (exact) mass is 307 g/mol. The van der Waals surface area contributed by atoms with Gasteiger partial charge in [-0.15, -0.1) is 0 Å². The number of nitrogens with one attached hydrogen (secondary N) is 2. The van der Waals surface area contributed by atoms with Gasteiger partial charge in [0.15, 0.2) is 0 Å². The molecule has 0 amide bonds. The second-order valence-electron chi connectivity index (χ2n) is 5.43. The fourth-order valence-electron chi connectivity index (χ4n) is 2.53. The number of hydrogen-bond donors (Lipinski definition) is 2. The molecule has 4 heteroatoms. The number of aromatic nitrogens is 2. The standard InChI is InChI=1S/C19H21N3O/c1-2-11-23-19-6-4-3-5-17(19)13-20-10-9-15-7-8-16-14-21-22-18(16)12-15/h2-8,12,14,20H,1,9-11,13H2,(H,21,22). The van der Waals surface area contributed by atoms with E-state index in [2.05, 4.69) is 46.4 Å². The van der Waals surface area contributed by atoms with Gasteiger partial charge in [-0.05, 0) is 30.7 Å². The smallest absolute Gasteiger partial charge is 0.124 e. The van der Waals surface area contributed by atoms with E-state index in [1.807, 2.05) is 24.4 Å². The molecule has 0 atom stereocenters. The molecule has 3 rings (SSSR count). The molecule has 2 N–H and O–H groups in total. The lowest BCUT2D eigenvalue weighted by atomic mass is 10.1. The highest BCUT2D eigenvalue weighted by Crippen LogP contribution is 2.18. The van der Waals surface area contributed by atoms with E-state index in [1.54, 1.807) is 6.08 Å². The Morgan fingerprint density at radius 2 is 2.13 bits per heavy atom. The Balaban J connectivity index is 1.52. The zero-order valence-electron chi connectivity index (χ0n) is 13.1. The van der Waals surface area contributed by atoms with E-state index in [4.69, 9.17) is 4.74 Å². The van der Waals surface area contributed by atoms with Gasteiger partial charge in [-0.25, -0.2) is 0 Å². The number of fused-ring (bicyclic) bond motifs is 1. The van der Waals surface area contributed by atoms with E-state index in [9.17, 15) is 0 Å². The summed E-state index contributed by atoms with van der Waals surface area (Å²) in [5.74, 6) is 0.916. The van der Waals surface area contributed by atoms with Gasteiger partial charge in [0, 0.05) is 17.5 Å². The molecule has 0 aliphatic carbocycles. The summed E-state index contributed by atoms with van der Waals surface area (Å²) >= 11 is 0. The number of H-pyrrole nitrogens is 1. The van der Waals surface area contributed by atoms with Gasteiger partial charge in [0.25, 0.3) is 0 Å². The van der Waals surface area contributed by atoms with Crippen molar-refractivity contribution in [3.05, 3.63) is 72.4 Å². The highest BCUT2D eigenvalue weighted by molar-refractivity contribution is 5.78. The maximum Gasteiger partial charge on any atom is 0.124 e. The molecule has 1 aromatic heterocycles. The van der Waals surface area contributed by atoms with Crippen molar-refractivity contribution in [2.24, 2.45) is 0 Å². The summed E-state index contributed by atoms with van der Waals surface area (Å²) in [6.07, 6.45) is 4.58. The maximum atomic E-state index is 5.67. The molecule has 4 nitrogen and oxygen atoms in total. The molecule has 0 saturated carbocycles. The third kappa shape index (κ3) is 3.99. The molecule has 0 unspecified atom stereocenters. The molecule has 0 saturated heterocycles. The molecule has 118 valence electrons. The molecule has 0 aliphatic rings. The summed E-state index contributed by atoms with van der Waals surface area (Å²) < 4.78 is 5.67. The number of rotatable bonds is 8. The summed E-state index contributed by atoms with van der Waals surface area (Å²) in [6, 6.07) is 14.5. The van der Waals surface area contributed by atoms with Crippen LogP contribution in [0.2, 0.25) is 0 Å². The first kappa shape index (κ1) is 15.3. The average Bonchev–Trinajstić information content (AvgIpc) is 3.05. The van der Waals surface area contributed by atoms with Gasteiger partial charge in [-0.3, -0.25) is 5.10 Å². The van der Waals surface area contributed by atoms with E-state index in [1.165, 1.54) is 11.1 Å². The normalized spacial score (nSPS) is 10.8. The largest absolute Gasteiger partial charge is 0.489 e. The Morgan fingerprint density at radius 3 is 3.04 bits per heavy atom. The van der Waals surface area contributed by atoms with E-state index < -0.39 is 0 Å². The molecule has 3 aromatic rings. The minimum absolute atomic E-state index is 0.529. The van der Waals surface area contributed by atoms with Gasteiger partial charge in [0.2, 0.25) is 0 Å². The molecule has 23 heavy (non-hydrogen) atoms. The molecule has 2 aromatic carbocycles. The number of ether oxygens (including phenoxy) is 1. The molecule has 0 bridgehead atoms. The minimum Gasteiger partial charge on any atom is -0.489 e. The zero-order chi connectivity index (χ0) is 15.9. The topological polar surface area (TPSA) is 49.9 Å². The van der Waals surface area contributed by atoms with Crippen molar-refractivity contribution < 1.29 is 4.74 Å². The van der Waals surface area contributed by atoms with Crippen molar-refractivity contribution in [1.82, 2.24) is 15.5 Å². The Hall–Kier alpha value is -2.59. The van der Waals surface area contributed by atoms with Crippen LogP contribution in [-0.2, 0) is 13.0 Å². The summed E-state index contributed by atoms with van der Waals surface area (Å²) in [5, 5.41) is 11.7. The summed E-state index contributed by atoms with van der Waals surface area (Å²) in [4.78, 5) is 0. The van der Waals surface area contributed by atoms with Gasteiger partial charge in [0.1, 0.15) is 12.4 Å². The second kappa shape index (κ2) is 7.61. The van der Waals surface area contributed by atoms with Crippen LogP contribution in [0.5, 0.6) is 5.75 Å². The molecule has 0 aliphatic heterocycles. The van der Waals surface area contributed by atoms with Crippen LogP contribution < -0.4 is 10.1 Å². The highest BCUT2D eigenvalue weighted by atomic mass is 16.5. The number of hydrogen-bond acceptors (Lipinski definition) is 3. The fourth-order valence-corrected chi connectivity index (χ4v) is 2.53. The Labute approximate surface area is 136 Å². The first-order valence-corrected chi connectivity index (χ1v) is 7.81. The van der Waals surface area contributed by atoms with Gasteiger partial charge >= 0.3 is 0 Å². The lowest BCUT2D eigenvalue weighted by Gasteiger charge is -2.11. The van der Waals surface area contributed by atoms with E-state index in [0.29, 0.717) is 6.61 Å². The van der Waals surface area contributed by atoms with Crippen LogP contribution in [0.4, 0.5) is 0 Å². The predicted octanol–water partition coefficient (Wildman–Crippen LogP) is 3.46. The summed E-state index contributed by atoms with van der Waals surface area (Å²) in [7, 11) is 0. The van der Waals surface area contributed by atoms with Crippen LogP contribution in [0.25, 0.3) is 10.9 Å². The van der Waals surface area contributed by atoms with E-state index >= 15 is 0 Å². The minimum atomic E-state index is 0.529. The zero-order valence-corrected chi connectivity index (χ0v) is 13.1. The highest BCUT2D eigenvalue weighted by Gasteiger charge is 2.02. The summed E-state index contributed by atoms with van der Waals surface area (Å²) in [6.45, 7) is 5.92. The maximum absolute atomic E-state index is 5.67. The van der Waals surface area contributed by atoms with Crippen molar-refractivity contribution in [2.75, 3.05) is 13.2 Å². The molecular weight excluding hydrogens is 286 g/mol. The van der Waals surface area contributed by atoms with Gasteiger partial charge in [-0.2, -0.15) is 5.10 Å². The number of benzene rings is 2. The third-order valence-corrected chi connectivity index (χ3v) is 3.74. The molecule has 0 radical (unpaired) electrons. The van der Waals surface area contributed by atoms with Crippen LogP contribution >= 0.6 is 0 Å². The van der Waals surface area contributed by atoms with E-state index in [0.717, 1.165) is 36.2 Å². The van der Waals surface area contributed by atoms with Gasteiger partial charge in [-0.1, -0.05) is 43.0 Å². The van der Waals surface area contributed by atoms with Gasteiger partial charge < -0.3 is 10.1 Å². The Bertz CT molecular complexity index is 779. The number of para-hydroxylation sites is 1. The quantitative estimate of drug-likeness (QED) is 0.495. The SMILES string of the molecule is C=CCOc1ccccc1CNCCc1ccc2cn[nH]c2c1. The molecule has 1 heterocycles. The van der Waals surface area contributed by atoms with E-state index in [-0.39, 0.29) is 0 Å². The first-order chi connectivity index (χ1) is 11.4. The number of nitrogens with zero attached hydrogens (tertiary/aromatic N) is 1. The predicted molar refractivity (Wildman–Crippen MR) is 93.6 cm³/mol. The van der Waals surface area contributed by atoms with Crippen molar-refractivity contribution in [1.29, 1.82) is 0 Å². The first-order valence-electron chi connectivity index (χ1n) is 7.81. The number of aromatic amines is 1. The second-order valence-corrected chi connectivity index (χ2v) is 5.43. The van der Waals surface area contributed by atoms with Crippen LogP contribution in [0, 0.1) is 0 Å². The van der Waals surface area contributed by atoms with Crippen molar-refractivity contribution in [3.8, 4) is 5.75 Å². The average molecular weight is 307 g/mol. The van der Waals surface area contributed by atoms with Crippen molar-refractivity contribution >= 4 is 10.9 Å². The third-order valence-electron chi connectivity index (χ3n) is 3.74. The fraction of sp³-hybridized carbons (Fsp3) is 0.211. The Morgan fingerprint density at radius 1 is 1.22 bits per heavy atom. The lowest BCUT2D eigenvalue weighted by molar-refractivity contribution is 0.358. The lowest BCUT2D eigenvalue weighted by Crippen LogP contribution is -2.17. The molecule has 0 fully saturated rings. The summed E-state index contributed by atoms with van der Waals surface area (Å²) in [5.41, 5.74) is 3.55. The van der Waals surface area contributed by atoms with Crippen LogP contribution in [-0.4, -0.2) is 23.3 Å². The van der Waals surface area contributed by atoms with Crippen LogP contribution in [0.3, 0.4) is 0 Å². The van der Waals surface area contributed by atoms with Crippen molar-refractivity contribution in [3.63, 3.8) is 0 Å². The van der Waals surface area contributed by atoms with Crippen LogP contribution in [0.15, 0.2) is 61.3 Å². The van der Waals surface area contributed by atoms with Crippen LogP contribution in [0.1, 0.15) is 11.1 Å². The molecular formula is C19H21N3O. The Kier molecular flexibility index (Phi) is 5.06. The van der Waals surface area contributed by atoms with Crippen molar-refractivity contribution in [2.45, 2.75) is 13.0 Å². The van der Waals surface area contributed by atoms with Gasteiger partial charge in [0.05, 0.1) is 11.7 Å².